The maximum absolute atomic E-state index is 16.1. The van der Waals surface area contributed by atoms with Crippen LogP contribution in [0.5, 0.6) is 23.0 Å². The first-order chi connectivity index (χ1) is 31.9. The number of nitrogens with zero attached hydrogens (tertiary/aromatic N) is 8. The van der Waals surface area contributed by atoms with E-state index in [2.05, 4.69) is 21.5 Å². The van der Waals surface area contributed by atoms with Gasteiger partial charge in [0.1, 0.15) is 17.3 Å². The second-order valence-electron chi connectivity index (χ2n) is 17.1. The summed E-state index contributed by atoms with van der Waals surface area (Å²) in [7, 11) is 3.28. The number of ether oxygens (including phenoxy) is 3. The second-order valence-corrected chi connectivity index (χ2v) is 17.1. The average Bonchev–Trinajstić information content (AvgIpc) is 3.76. The molecule has 3 fully saturated rings. The molecule has 4 aliphatic heterocycles. The summed E-state index contributed by atoms with van der Waals surface area (Å²) in [5.41, 5.74) is 2.51. The monoisotopic (exact) mass is 901 g/mol. The molecule has 0 unspecified atom stereocenters. The molecule has 0 radical (unpaired) electrons. The van der Waals surface area contributed by atoms with Crippen LogP contribution < -0.4 is 29.3 Å². The Kier molecular flexibility index (Phi) is 12.0. The first kappa shape index (κ1) is 44.1. The number of aryl methyl sites for hydroxylation is 1. The summed E-state index contributed by atoms with van der Waals surface area (Å²) in [6.07, 6.45) is 2.84. The van der Waals surface area contributed by atoms with Gasteiger partial charge in [-0.1, -0.05) is 18.2 Å². The Hall–Kier alpha value is -7.13. The molecule has 0 bridgehead atoms. The molecule has 0 aliphatic carbocycles. The first-order valence-electron chi connectivity index (χ1n) is 22.1. The molecule has 9 rings (SSSR count). The van der Waals surface area contributed by atoms with Gasteiger partial charge in [0.05, 0.1) is 55.4 Å². The van der Waals surface area contributed by atoms with Crippen LogP contribution in [-0.2, 0) is 18.4 Å². The molecule has 0 saturated carbocycles. The number of rotatable bonds is 13. The van der Waals surface area contributed by atoms with Crippen LogP contribution in [0.15, 0.2) is 72.9 Å². The van der Waals surface area contributed by atoms with Gasteiger partial charge < -0.3 is 19.1 Å². The molecule has 0 spiro atoms. The summed E-state index contributed by atoms with van der Waals surface area (Å²) in [6.45, 7) is 3.74. The largest absolute Gasteiger partial charge is 0.493 e. The Labute approximate surface area is 379 Å². The van der Waals surface area contributed by atoms with Crippen molar-refractivity contribution in [2.45, 2.75) is 57.5 Å². The maximum Gasteiger partial charge on any atom is 0.329 e. The van der Waals surface area contributed by atoms with Crippen molar-refractivity contribution in [3.8, 4) is 29.1 Å². The molecule has 4 aliphatic rings. The SMILES string of the molecule is CCOc1cc([C@@H](CC#N)N2C(=O)c3ccnc(N4CCC([C@H]5CCN(Cc6ccc(Oc7ccc8c(N9CCC(=O)NC9=O)nn(C)c8c7)cc6)CC5(F)F)CC4)c3C2=O)ccc1OC. The number of hydrogen-bond donors (Lipinski definition) is 1. The molecule has 18 heteroatoms. The number of pyridine rings is 1. The summed E-state index contributed by atoms with van der Waals surface area (Å²) in [5.74, 6) is -2.52. The molecule has 66 heavy (non-hydrogen) atoms. The smallest absolute Gasteiger partial charge is 0.329 e. The molecule has 6 heterocycles. The van der Waals surface area contributed by atoms with Gasteiger partial charge in [-0.05, 0) is 92.2 Å². The number of carbonyl (C=O) groups excluding carboxylic acids is 4. The lowest BCUT2D eigenvalue weighted by molar-refractivity contribution is -0.133. The lowest BCUT2D eigenvalue weighted by atomic mass is 9.76. The molecule has 16 nitrogen and oxygen atoms in total. The second kappa shape index (κ2) is 18.0. The van der Waals surface area contributed by atoms with Crippen molar-refractivity contribution in [1.82, 2.24) is 29.9 Å². The minimum Gasteiger partial charge on any atom is -0.493 e. The van der Waals surface area contributed by atoms with Gasteiger partial charge in [0.15, 0.2) is 17.3 Å². The van der Waals surface area contributed by atoms with Crippen molar-refractivity contribution >= 4 is 46.3 Å². The number of urea groups is 1. The third-order valence-corrected chi connectivity index (χ3v) is 13.1. The number of hydrogen-bond acceptors (Lipinski definition) is 12. The zero-order valence-electron chi connectivity index (χ0n) is 36.8. The average molecular weight is 902 g/mol. The fourth-order valence-electron chi connectivity index (χ4n) is 9.88. The fraction of sp³-hybridized carbons (Fsp3) is 0.396. The van der Waals surface area contributed by atoms with Crippen LogP contribution in [0, 0.1) is 23.2 Å². The number of imide groups is 2. The van der Waals surface area contributed by atoms with Crippen molar-refractivity contribution in [1.29, 1.82) is 5.26 Å². The zero-order valence-corrected chi connectivity index (χ0v) is 36.8. The van der Waals surface area contributed by atoms with Gasteiger partial charge in [-0.2, -0.15) is 10.4 Å². The molecular formula is C48H49F2N9O7. The van der Waals surface area contributed by atoms with Crippen LogP contribution in [0.2, 0.25) is 0 Å². The van der Waals surface area contributed by atoms with Crippen LogP contribution >= 0.6 is 0 Å². The molecule has 342 valence electrons. The topological polar surface area (TPSA) is 175 Å². The Morgan fingerprint density at radius 1 is 0.909 bits per heavy atom. The van der Waals surface area contributed by atoms with E-state index < -0.39 is 35.7 Å². The molecule has 2 aromatic heterocycles. The van der Waals surface area contributed by atoms with E-state index >= 15 is 8.78 Å². The Morgan fingerprint density at radius 3 is 2.39 bits per heavy atom. The third-order valence-electron chi connectivity index (χ3n) is 13.1. The Morgan fingerprint density at radius 2 is 1.68 bits per heavy atom. The van der Waals surface area contributed by atoms with Gasteiger partial charge in [-0.15, -0.1) is 0 Å². The number of piperidine rings is 2. The number of methoxy groups -OCH3 is 1. The van der Waals surface area contributed by atoms with Gasteiger partial charge >= 0.3 is 6.03 Å². The molecule has 3 aromatic carbocycles. The van der Waals surface area contributed by atoms with E-state index in [-0.39, 0.29) is 48.9 Å². The lowest BCUT2D eigenvalue weighted by Gasteiger charge is -2.44. The first-order valence-corrected chi connectivity index (χ1v) is 22.1. The number of alkyl halides is 2. The molecule has 5 aromatic rings. The van der Waals surface area contributed by atoms with E-state index in [4.69, 9.17) is 14.2 Å². The van der Waals surface area contributed by atoms with E-state index in [0.29, 0.717) is 92.2 Å². The van der Waals surface area contributed by atoms with Gasteiger partial charge in [-0.3, -0.25) is 39.1 Å². The number of aromatic nitrogens is 3. The number of amides is 5. The highest BCUT2D eigenvalue weighted by molar-refractivity contribution is 6.23. The summed E-state index contributed by atoms with van der Waals surface area (Å²) < 4.78 is 51.1. The van der Waals surface area contributed by atoms with Crippen LogP contribution in [0.1, 0.15) is 76.9 Å². The summed E-state index contributed by atoms with van der Waals surface area (Å²) in [6, 6.07) is 20.1. The van der Waals surface area contributed by atoms with Gasteiger partial charge in [0.2, 0.25) is 5.91 Å². The van der Waals surface area contributed by atoms with E-state index in [1.807, 2.05) is 48.2 Å². The van der Waals surface area contributed by atoms with E-state index in [1.54, 1.807) is 40.9 Å². The maximum atomic E-state index is 16.1. The molecular weight excluding hydrogens is 853 g/mol. The summed E-state index contributed by atoms with van der Waals surface area (Å²) >= 11 is 0. The highest BCUT2D eigenvalue weighted by Gasteiger charge is 2.49. The van der Waals surface area contributed by atoms with Crippen LogP contribution in [0.25, 0.3) is 10.9 Å². The van der Waals surface area contributed by atoms with Gasteiger partial charge in [0.25, 0.3) is 17.7 Å². The predicted molar refractivity (Wildman–Crippen MR) is 238 cm³/mol. The highest BCUT2D eigenvalue weighted by atomic mass is 19.3. The number of fused-ring (bicyclic) bond motifs is 2. The number of likely N-dealkylation sites (tertiary alicyclic amines) is 1. The van der Waals surface area contributed by atoms with Gasteiger partial charge in [-0.25, -0.2) is 18.6 Å². The molecule has 5 amide bonds. The number of benzene rings is 3. The highest BCUT2D eigenvalue weighted by Crippen LogP contribution is 2.44. The molecule has 2 atom stereocenters. The van der Waals surface area contributed by atoms with Crippen molar-refractivity contribution in [3.05, 3.63) is 95.2 Å². The van der Waals surface area contributed by atoms with Crippen LogP contribution in [0.4, 0.5) is 25.2 Å². The van der Waals surface area contributed by atoms with Crippen molar-refractivity contribution in [2.75, 3.05) is 56.2 Å². The predicted octanol–water partition coefficient (Wildman–Crippen LogP) is 7.24. The van der Waals surface area contributed by atoms with Crippen LogP contribution in [0.3, 0.4) is 0 Å². The zero-order chi connectivity index (χ0) is 46.3. The summed E-state index contributed by atoms with van der Waals surface area (Å²) in [5, 5.41) is 17.4. The number of anilines is 2. The fourth-order valence-corrected chi connectivity index (χ4v) is 9.88. The quantitative estimate of drug-likeness (QED) is 0.118. The minimum atomic E-state index is -2.91. The van der Waals surface area contributed by atoms with Gasteiger partial charge in [0, 0.05) is 63.2 Å². The third kappa shape index (κ3) is 8.34. The van der Waals surface area contributed by atoms with Crippen LogP contribution in [-0.4, -0.2) is 101 Å². The van der Waals surface area contributed by atoms with Crippen molar-refractivity contribution in [3.63, 3.8) is 0 Å². The Balaban J connectivity index is 0.805. The van der Waals surface area contributed by atoms with Crippen molar-refractivity contribution < 1.29 is 42.2 Å². The minimum absolute atomic E-state index is 0.143. The van der Waals surface area contributed by atoms with Crippen molar-refractivity contribution in [2.24, 2.45) is 18.9 Å². The number of nitrogens with one attached hydrogen (secondary N) is 1. The van der Waals surface area contributed by atoms with E-state index in [0.717, 1.165) is 21.4 Å². The number of carbonyl (C=O) groups is 4. The number of nitriles is 1. The number of halogens is 2. The lowest BCUT2D eigenvalue weighted by Crippen LogP contribution is -2.52. The summed E-state index contributed by atoms with van der Waals surface area (Å²) in [4.78, 5) is 63.0. The van der Waals surface area contributed by atoms with E-state index in [1.165, 1.54) is 24.3 Å². The normalized spacial score (nSPS) is 19.5. The Bertz CT molecular complexity index is 2750. The molecule has 3 saturated heterocycles. The van der Waals surface area contributed by atoms with E-state index in [9.17, 15) is 24.4 Å². The standard InChI is InChI=1S/C48H49F2N9O7/c1-4-65-40-25-31(7-12-39(40)64-3)37(13-19-51)59-45(61)35-14-20-52-44(42(35)46(59)62)57-22-15-30(16-23-57)36-17-21-56(28-48(36,49)50)27-29-5-8-32(9-6-29)66-33-10-11-34-38(26-33)55(2)54-43(34)58-24-18-41(60)53-47(58)63/h5-12,14,20,25-26,30,36-37H,4,13,15-18,21-24,27-28H2,1-3H3,(H,53,60,63)/t36-,37-/m1/s1. The molecule has 1 N–H and O–H groups in total.